The van der Waals surface area contributed by atoms with Crippen molar-refractivity contribution in [1.82, 2.24) is 9.78 Å². The van der Waals surface area contributed by atoms with Crippen LogP contribution >= 0.6 is 27.5 Å². The van der Waals surface area contributed by atoms with Gasteiger partial charge in [-0.05, 0) is 31.6 Å². The van der Waals surface area contributed by atoms with E-state index in [2.05, 4.69) is 48.7 Å². The minimum absolute atomic E-state index is 0.267. The van der Waals surface area contributed by atoms with Crippen LogP contribution in [0.2, 0.25) is 5.02 Å². The Morgan fingerprint density at radius 2 is 2.00 bits per heavy atom. The van der Waals surface area contributed by atoms with Crippen molar-refractivity contribution in [3.8, 4) is 0 Å². The Bertz CT molecular complexity index is 380. The molecule has 1 atom stereocenters. The van der Waals surface area contributed by atoms with Crippen molar-refractivity contribution in [2.45, 2.75) is 47.6 Å². The Balaban J connectivity index is 3.01. The zero-order chi connectivity index (χ0) is 13.2. The van der Waals surface area contributed by atoms with Crippen LogP contribution in [0.3, 0.4) is 0 Å². The molecule has 1 aromatic heterocycles. The summed E-state index contributed by atoms with van der Waals surface area (Å²) in [6.45, 7) is 11.8. The minimum atomic E-state index is 0.267. The summed E-state index contributed by atoms with van der Waals surface area (Å²) in [6, 6.07) is 0. The van der Waals surface area contributed by atoms with Gasteiger partial charge in [0.05, 0.1) is 16.4 Å². The van der Waals surface area contributed by atoms with Crippen molar-refractivity contribution < 1.29 is 0 Å². The number of aryl methyl sites for hydroxylation is 2. The number of rotatable bonds is 4. The normalized spacial score (nSPS) is 14.1. The van der Waals surface area contributed by atoms with E-state index < -0.39 is 0 Å². The summed E-state index contributed by atoms with van der Waals surface area (Å²) in [7, 11) is 0. The molecule has 1 unspecified atom stereocenters. The highest BCUT2D eigenvalue weighted by Gasteiger charge is 2.26. The monoisotopic (exact) mass is 320 g/mol. The van der Waals surface area contributed by atoms with Crippen LogP contribution in [-0.4, -0.2) is 15.1 Å². The summed E-state index contributed by atoms with van der Waals surface area (Å²) < 4.78 is 2.03. The van der Waals surface area contributed by atoms with Gasteiger partial charge < -0.3 is 0 Å². The Hall–Kier alpha value is -0.0200. The molecular weight excluding hydrogens is 300 g/mol. The lowest BCUT2D eigenvalue weighted by Crippen LogP contribution is -2.25. The van der Waals surface area contributed by atoms with Gasteiger partial charge in [-0.25, -0.2) is 0 Å². The topological polar surface area (TPSA) is 17.8 Å². The molecule has 0 saturated heterocycles. The van der Waals surface area contributed by atoms with Crippen LogP contribution in [0.15, 0.2) is 0 Å². The smallest absolute Gasteiger partial charge is 0.0847 e. The van der Waals surface area contributed by atoms with Crippen molar-refractivity contribution in [3.05, 3.63) is 16.4 Å². The van der Waals surface area contributed by atoms with Gasteiger partial charge in [0.2, 0.25) is 0 Å². The Labute approximate surface area is 118 Å². The van der Waals surface area contributed by atoms with Crippen molar-refractivity contribution in [2.24, 2.45) is 11.3 Å². The van der Waals surface area contributed by atoms with Crippen LogP contribution in [0.5, 0.6) is 0 Å². The highest BCUT2D eigenvalue weighted by molar-refractivity contribution is 9.09. The summed E-state index contributed by atoms with van der Waals surface area (Å²) >= 11 is 9.96. The number of nitrogens with zero attached hydrogens (tertiary/aromatic N) is 2. The zero-order valence-electron chi connectivity index (χ0n) is 11.3. The third-order valence-electron chi connectivity index (χ3n) is 3.30. The second-order valence-corrected chi connectivity index (χ2v) is 6.61. The second-order valence-electron chi connectivity index (χ2n) is 5.58. The van der Waals surface area contributed by atoms with Crippen LogP contribution in [0.1, 0.15) is 39.1 Å². The molecule has 0 fully saturated rings. The van der Waals surface area contributed by atoms with Crippen LogP contribution < -0.4 is 0 Å². The van der Waals surface area contributed by atoms with Gasteiger partial charge in [0.15, 0.2) is 0 Å². The number of aromatic nitrogens is 2. The van der Waals surface area contributed by atoms with Crippen molar-refractivity contribution >= 4 is 27.5 Å². The zero-order valence-corrected chi connectivity index (χ0v) is 13.7. The van der Waals surface area contributed by atoms with E-state index in [9.17, 15) is 0 Å². The maximum absolute atomic E-state index is 6.35. The van der Waals surface area contributed by atoms with E-state index in [-0.39, 0.29) is 5.41 Å². The molecule has 17 heavy (non-hydrogen) atoms. The fraction of sp³-hybridized carbons (Fsp3) is 0.769. The fourth-order valence-corrected chi connectivity index (χ4v) is 3.30. The molecule has 0 spiro atoms. The highest BCUT2D eigenvalue weighted by Crippen LogP contribution is 2.33. The summed E-state index contributed by atoms with van der Waals surface area (Å²) in [5.41, 5.74) is 2.38. The van der Waals surface area contributed by atoms with Gasteiger partial charge >= 0.3 is 0 Å². The molecular formula is C13H22BrClN2. The SMILES string of the molecule is CCn1nc(C)c(Cl)c1CC(CBr)C(C)(C)C. The highest BCUT2D eigenvalue weighted by atomic mass is 79.9. The molecule has 0 radical (unpaired) electrons. The van der Waals surface area contributed by atoms with Gasteiger partial charge in [0.1, 0.15) is 0 Å². The molecule has 1 rings (SSSR count). The van der Waals surface area contributed by atoms with Gasteiger partial charge in [-0.1, -0.05) is 48.3 Å². The average Bonchev–Trinajstić information content (AvgIpc) is 2.50. The van der Waals surface area contributed by atoms with Gasteiger partial charge in [0, 0.05) is 11.9 Å². The standard InChI is InChI=1S/C13H22BrClN2/c1-6-17-11(12(15)9(2)16-17)7-10(8-14)13(3,4)5/h10H,6-8H2,1-5H3. The van der Waals surface area contributed by atoms with Crippen molar-refractivity contribution in [1.29, 1.82) is 0 Å². The van der Waals surface area contributed by atoms with Crippen LogP contribution in [0.25, 0.3) is 0 Å². The summed E-state index contributed by atoms with van der Waals surface area (Å²) in [5, 5.41) is 6.29. The predicted molar refractivity (Wildman–Crippen MR) is 78.1 cm³/mol. The molecule has 0 bridgehead atoms. The third kappa shape index (κ3) is 3.47. The summed E-state index contributed by atoms with van der Waals surface area (Å²) in [4.78, 5) is 0. The number of halogens is 2. The average molecular weight is 322 g/mol. The third-order valence-corrected chi connectivity index (χ3v) is 4.58. The molecule has 0 N–H and O–H groups in total. The first-order chi connectivity index (χ1) is 7.81. The predicted octanol–water partition coefficient (Wildman–Crippen LogP) is 4.46. The van der Waals surface area contributed by atoms with Crippen molar-refractivity contribution in [2.75, 3.05) is 5.33 Å². The molecule has 1 heterocycles. The molecule has 0 aliphatic heterocycles. The molecule has 4 heteroatoms. The lowest BCUT2D eigenvalue weighted by molar-refractivity contribution is 0.262. The summed E-state index contributed by atoms with van der Waals surface area (Å²) in [5.74, 6) is 0.557. The van der Waals surface area contributed by atoms with E-state index in [4.69, 9.17) is 11.6 Å². The van der Waals surface area contributed by atoms with Crippen LogP contribution in [0.4, 0.5) is 0 Å². The minimum Gasteiger partial charge on any atom is -0.268 e. The maximum Gasteiger partial charge on any atom is 0.0847 e. The lowest BCUT2D eigenvalue weighted by atomic mass is 9.79. The van der Waals surface area contributed by atoms with E-state index in [1.165, 1.54) is 5.69 Å². The molecule has 0 aliphatic rings. The lowest BCUT2D eigenvalue weighted by Gasteiger charge is -2.29. The quantitative estimate of drug-likeness (QED) is 0.748. The number of hydrogen-bond donors (Lipinski definition) is 0. The molecule has 2 nitrogen and oxygen atoms in total. The Morgan fingerprint density at radius 3 is 2.41 bits per heavy atom. The van der Waals surface area contributed by atoms with Gasteiger partial charge in [-0.15, -0.1) is 0 Å². The number of hydrogen-bond acceptors (Lipinski definition) is 1. The van der Waals surface area contributed by atoms with Gasteiger partial charge in [-0.2, -0.15) is 5.10 Å². The first-order valence-electron chi connectivity index (χ1n) is 6.09. The molecule has 0 aromatic carbocycles. The molecule has 1 aromatic rings. The van der Waals surface area contributed by atoms with Gasteiger partial charge in [0.25, 0.3) is 0 Å². The number of alkyl halides is 1. The first kappa shape index (κ1) is 15.0. The maximum atomic E-state index is 6.35. The first-order valence-corrected chi connectivity index (χ1v) is 7.58. The second kappa shape index (κ2) is 5.75. The van der Waals surface area contributed by atoms with E-state index in [1.807, 2.05) is 11.6 Å². The molecule has 0 aliphatic carbocycles. The fourth-order valence-electron chi connectivity index (χ4n) is 1.89. The Morgan fingerprint density at radius 1 is 1.41 bits per heavy atom. The van der Waals surface area contributed by atoms with E-state index in [1.54, 1.807) is 0 Å². The van der Waals surface area contributed by atoms with Crippen molar-refractivity contribution in [3.63, 3.8) is 0 Å². The largest absolute Gasteiger partial charge is 0.268 e. The van der Waals surface area contributed by atoms with E-state index >= 15 is 0 Å². The van der Waals surface area contributed by atoms with Crippen LogP contribution in [0, 0.1) is 18.3 Å². The molecule has 0 amide bonds. The Kier molecular flexibility index (Phi) is 5.08. The van der Waals surface area contributed by atoms with E-state index in [0.29, 0.717) is 5.92 Å². The van der Waals surface area contributed by atoms with E-state index in [0.717, 1.165) is 29.0 Å². The molecule has 98 valence electrons. The van der Waals surface area contributed by atoms with Gasteiger partial charge in [-0.3, -0.25) is 4.68 Å². The summed E-state index contributed by atoms with van der Waals surface area (Å²) in [6.07, 6.45) is 0.974. The van der Waals surface area contributed by atoms with Crippen LogP contribution in [-0.2, 0) is 13.0 Å². The molecule has 0 saturated carbocycles.